The highest BCUT2D eigenvalue weighted by Gasteiger charge is 2.20. The second-order valence-electron chi connectivity index (χ2n) is 2.78. The average Bonchev–Trinajstić information content (AvgIpc) is 2.55. The fraction of sp³-hybridized carbons (Fsp3) is 0.500. The standard InChI is InChI=1S/C8H10BrNO/c9-6-3-5-11-8(6)7-2-1-4-10-7/h3,5,7,10H,1-2,4H2/t7-/m0/s1. The van der Waals surface area contributed by atoms with Crippen molar-refractivity contribution in [1.29, 1.82) is 0 Å². The molecule has 1 fully saturated rings. The van der Waals surface area contributed by atoms with E-state index in [-0.39, 0.29) is 0 Å². The van der Waals surface area contributed by atoms with E-state index >= 15 is 0 Å². The van der Waals surface area contributed by atoms with Crippen LogP contribution in [0.1, 0.15) is 24.6 Å². The van der Waals surface area contributed by atoms with Gasteiger partial charge in [0.25, 0.3) is 0 Å². The van der Waals surface area contributed by atoms with Crippen LogP contribution in [-0.4, -0.2) is 6.54 Å². The van der Waals surface area contributed by atoms with Gasteiger partial charge in [0.2, 0.25) is 0 Å². The van der Waals surface area contributed by atoms with Gasteiger partial charge in [-0.2, -0.15) is 0 Å². The van der Waals surface area contributed by atoms with Gasteiger partial charge in [-0.25, -0.2) is 0 Å². The third-order valence-corrected chi connectivity index (χ3v) is 2.68. The Morgan fingerprint density at radius 3 is 3.09 bits per heavy atom. The largest absolute Gasteiger partial charge is 0.466 e. The van der Waals surface area contributed by atoms with E-state index in [0.717, 1.165) is 16.8 Å². The molecular formula is C8H10BrNO. The normalized spacial score (nSPS) is 24.3. The van der Waals surface area contributed by atoms with Gasteiger partial charge in [0, 0.05) is 0 Å². The topological polar surface area (TPSA) is 25.2 Å². The fourth-order valence-corrected chi connectivity index (χ4v) is 1.94. The van der Waals surface area contributed by atoms with Crippen molar-refractivity contribution >= 4 is 15.9 Å². The predicted octanol–water partition coefficient (Wildman–Crippen LogP) is 2.47. The lowest BCUT2D eigenvalue weighted by Gasteiger charge is -2.05. The van der Waals surface area contributed by atoms with Gasteiger partial charge in [0.05, 0.1) is 16.8 Å². The SMILES string of the molecule is Brc1ccoc1[C@@H]1CCCN1. The molecule has 2 heterocycles. The summed E-state index contributed by atoms with van der Waals surface area (Å²) in [5, 5.41) is 3.38. The maximum atomic E-state index is 5.34. The highest BCUT2D eigenvalue weighted by molar-refractivity contribution is 9.10. The summed E-state index contributed by atoms with van der Waals surface area (Å²) in [4.78, 5) is 0. The van der Waals surface area contributed by atoms with E-state index in [4.69, 9.17) is 4.42 Å². The third-order valence-electron chi connectivity index (χ3n) is 2.02. The van der Waals surface area contributed by atoms with E-state index in [1.807, 2.05) is 6.07 Å². The maximum absolute atomic E-state index is 5.34. The zero-order chi connectivity index (χ0) is 7.68. The Labute approximate surface area is 74.1 Å². The lowest BCUT2D eigenvalue weighted by Crippen LogP contribution is -2.12. The number of hydrogen-bond donors (Lipinski definition) is 1. The third kappa shape index (κ3) is 1.35. The molecule has 2 rings (SSSR count). The van der Waals surface area contributed by atoms with Gasteiger partial charge >= 0.3 is 0 Å². The van der Waals surface area contributed by atoms with Crippen LogP contribution in [0.3, 0.4) is 0 Å². The van der Waals surface area contributed by atoms with Gasteiger partial charge < -0.3 is 9.73 Å². The zero-order valence-corrected chi connectivity index (χ0v) is 7.73. The molecule has 11 heavy (non-hydrogen) atoms. The molecule has 0 amide bonds. The molecule has 1 atom stereocenters. The van der Waals surface area contributed by atoms with Gasteiger partial charge in [-0.05, 0) is 41.4 Å². The quantitative estimate of drug-likeness (QED) is 0.779. The van der Waals surface area contributed by atoms with Gasteiger partial charge in [-0.3, -0.25) is 0 Å². The van der Waals surface area contributed by atoms with Crippen LogP contribution in [0.5, 0.6) is 0 Å². The van der Waals surface area contributed by atoms with Crippen molar-refractivity contribution in [2.45, 2.75) is 18.9 Å². The second kappa shape index (κ2) is 2.99. The first-order valence-corrected chi connectivity index (χ1v) is 4.63. The van der Waals surface area contributed by atoms with Crippen LogP contribution in [0, 0.1) is 0 Å². The molecule has 0 radical (unpaired) electrons. The van der Waals surface area contributed by atoms with Gasteiger partial charge in [0.1, 0.15) is 5.76 Å². The van der Waals surface area contributed by atoms with Crippen molar-refractivity contribution in [3.63, 3.8) is 0 Å². The molecule has 0 bridgehead atoms. The molecule has 1 aliphatic rings. The van der Waals surface area contributed by atoms with Crippen LogP contribution >= 0.6 is 15.9 Å². The minimum Gasteiger partial charge on any atom is -0.466 e. The van der Waals surface area contributed by atoms with E-state index in [0.29, 0.717) is 6.04 Å². The van der Waals surface area contributed by atoms with Crippen LogP contribution in [0.15, 0.2) is 21.2 Å². The Morgan fingerprint density at radius 2 is 2.55 bits per heavy atom. The number of hydrogen-bond acceptors (Lipinski definition) is 2. The predicted molar refractivity (Wildman–Crippen MR) is 46.4 cm³/mol. The van der Waals surface area contributed by atoms with Crippen molar-refractivity contribution in [2.75, 3.05) is 6.54 Å². The number of halogens is 1. The Kier molecular flexibility index (Phi) is 2.00. The average molecular weight is 216 g/mol. The highest BCUT2D eigenvalue weighted by Crippen LogP contribution is 2.29. The first kappa shape index (κ1) is 7.37. The van der Waals surface area contributed by atoms with Crippen molar-refractivity contribution in [3.05, 3.63) is 22.6 Å². The molecule has 0 aliphatic carbocycles. The van der Waals surface area contributed by atoms with Crippen LogP contribution in [0.2, 0.25) is 0 Å². The summed E-state index contributed by atoms with van der Waals surface area (Å²) in [6.45, 7) is 1.11. The minimum atomic E-state index is 0.430. The smallest absolute Gasteiger partial charge is 0.134 e. The molecular weight excluding hydrogens is 206 g/mol. The van der Waals surface area contributed by atoms with Gasteiger partial charge in [-0.1, -0.05) is 0 Å². The number of rotatable bonds is 1. The summed E-state index contributed by atoms with van der Waals surface area (Å²) in [5.74, 6) is 1.04. The van der Waals surface area contributed by atoms with Crippen molar-refractivity contribution < 1.29 is 4.42 Å². The molecule has 1 N–H and O–H groups in total. The van der Waals surface area contributed by atoms with Crippen LogP contribution in [-0.2, 0) is 0 Å². The van der Waals surface area contributed by atoms with Gasteiger partial charge in [0.15, 0.2) is 0 Å². The first-order valence-electron chi connectivity index (χ1n) is 3.84. The zero-order valence-electron chi connectivity index (χ0n) is 6.14. The maximum Gasteiger partial charge on any atom is 0.134 e. The molecule has 60 valence electrons. The van der Waals surface area contributed by atoms with Crippen molar-refractivity contribution in [1.82, 2.24) is 5.32 Å². The Morgan fingerprint density at radius 1 is 1.64 bits per heavy atom. The van der Waals surface area contributed by atoms with Crippen LogP contribution < -0.4 is 5.32 Å². The molecule has 1 saturated heterocycles. The number of furan rings is 1. The molecule has 2 nitrogen and oxygen atoms in total. The molecule has 0 unspecified atom stereocenters. The van der Waals surface area contributed by atoms with Crippen LogP contribution in [0.25, 0.3) is 0 Å². The summed E-state index contributed by atoms with van der Waals surface area (Å²) in [5.41, 5.74) is 0. The summed E-state index contributed by atoms with van der Waals surface area (Å²) in [6, 6.07) is 2.37. The summed E-state index contributed by atoms with van der Waals surface area (Å²) in [7, 11) is 0. The lowest BCUT2D eigenvalue weighted by molar-refractivity contribution is 0.443. The van der Waals surface area contributed by atoms with Crippen molar-refractivity contribution in [2.24, 2.45) is 0 Å². The Bertz CT molecular complexity index is 240. The van der Waals surface area contributed by atoms with E-state index in [9.17, 15) is 0 Å². The molecule has 0 saturated carbocycles. The van der Waals surface area contributed by atoms with Gasteiger partial charge in [-0.15, -0.1) is 0 Å². The highest BCUT2D eigenvalue weighted by atomic mass is 79.9. The molecule has 1 aromatic heterocycles. The molecule has 3 heteroatoms. The first-order chi connectivity index (χ1) is 5.38. The van der Waals surface area contributed by atoms with Crippen LogP contribution in [0.4, 0.5) is 0 Å². The summed E-state index contributed by atoms with van der Waals surface area (Å²) >= 11 is 3.44. The van der Waals surface area contributed by atoms with E-state index in [1.165, 1.54) is 12.8 Å². The van der Waals surface area contributed by atoms with Crippen molar-refractivity contribution in [3.8, 4) is 0 Å². The van der Waals surface area contributed by atoms with E-state index in [2.05, 4.69) is 21.2 Å². The fourth-order valence-electron chi connectivity index (χ4n) is 1.46. The minimum absolute atomic E-state index is 0.430. The monoisotopic (exact) mass is 215 g/mol. The van der Waals surface area contributed by atoms with E-state index < -0.39 is 0 Å². The Balaban J connectivity index is 2.21. The number of nitrogens with one attached hydrogen (secondary N) is 1. The molecule has 1 aliphatic heterocycles. The molecule has 1 aromatic rings. The second-order valence-corrected chi connectivity index (χ2v) is 3.64. The lowest BCUT2D eigenvalue weighted by atomic mass is 10.2. The summed E-state index contributed by atoms with van der Waals surface area (Å²) < 4.78 is 6.42. The molecule has 0 spiro atoms. The van der Waals surface area contributed by atoms with E-state index in [1.54, 1.807) is 6.26 Å². The molecule has 0 aromatic carbocycles. The Hall–Kier alpha value is -0.280. The summed E-state index contributed by atoms with van der Waals surface area (Å²) in [6.07, 6.45) is 4.16.